The number of hydrogen-bond donors (Lipinski definition) is 3. The number of amides is 3. The van der Waals surface area contributed by atoms with Gasteiger partial charge in [-0.15, -0.1) is 0 Å². The number of hydrogen-bond acceptors (Lipinski definition) is 7. The Kier molecular flexibility index (Phi) is 9.24. The molecule has 0 spiro atoms. The Balaban J connectivity index is 1.27. The van der Waals surface area contributed by atoms with E-state index in [4.69, 9.17) is 4.74 Å². The first kappa shape index (κ1) is 28.6. The highest BCUT2D eigenvalue weighted by atomic mass is 16.6. The van der Waals surface area contributed by atoms with Gasteiger partial charge < -0.3 is 20.3 Å². The fourth-order valence-electron chi connectivity index (χ4n) is 4.87. The average molecular weight is 540 g/mol. The number of benzene rings is 1. The van der Waals surface area contributed by atoms with Gasteiger partial charge in [-0.05, 0) is 63.8 Å². The van der Waals surface area contributed by atoms with Crippen molar-refractivity contribution >= 4 is 17.9 Å². The normalized spacial score (nSPS) is 19.0. The Bertz CT molecular complexity index is 1180. The molecule has 2 aliphatic heterocycles. The minimum Gasteiger partial charge on any atom is -0.444 e. The zero-order valence-corrected chi connectivity index (χ0v) is 23.4. The van der Waals surface area contributed by atoms with E-state index in [0.29, 0.717) is 18.8 Å². The molecule has 2 aromatic rings. The number of carbonyl (C=O) groups is 2. The standard InChI is InChI=1S/C28H41N7O4/c1-5-21-19-34(17-13-29-21)25(36)31-24-12-16-35(26(37)32-24)23-8-6-20(7-9-23)18-33-14-10-22(11-15-33)30-27(38)39-28(2,3)4/h6-9,12,16,21-22,29H,5,10-11,13-15,17-19H2,1-4H3,(H,30,38)(H,31,32,36,37)/t21-/m1/s1. The highest BCUT2D eigenvalue weighted by Crippen LogP contribution is 2.17. The quantitative estimate of drug-likeness (QED) is 0.516. The Morgan fingerprint density at radius 3 is 2.46 bits per heavy atom. The molecular formula is C28H41N7O4. The maximum Gasteiger partial charge on any atom is 0.407 e. The summed E-state index contributed by atoms with van der Waals surface area (Å²) in [6.07, 6.45) is 3.96. The summed E-state index contributed by atoms with van der Waals surface area (Å²) in [5.74, 6) is 0.244. The molecule has 39 heavy (non-hydrogen) atoms. The topological polar surface area (TPSA) is 121 Å². The highest BCUT2D eigenvalue weighted by molar-refractivity contribution is 5.88. The molecule has 1 atom stereocenters. The molecule has 212 valence electrons. The lowest BCUT2D eigenvalue weighted by atomic mass is 10.0. The summed E-state index contributed by atoms with van der Waals surface area (Å²) in [5, 5.41) is 9.11. The summed E-state index contributed by atoms with van der Waals surface area (Å²) in [7, 11) is 0. The number of ether oxygens (including phenoxy) is 1. The van der Waals surface area contributed by atoms with E-state index in [2.05, 4.69) is 32.8 Å². The van der Waals surface area contributed by atoms with Gasteiger partial charge in [0.2, 0.25) is 0 Å². The van der Waals surface area contributed by atoms with E-state index in [0.717, 1.165) is 51.0 Å². The van der Waals surface area contributed by atoms with Gasteiger partial charge in [-0.2, -0.15) is 4.98 Å². The smallest absolute Gasteiger partial charge is 0.407 e. The monoisotopic (exact) mass is 539 g/mol. The predicted octanol–water partition coefficient (Wildman–Crippen LogP) is 2.94. The zero-order valence-electron chi connectivity index (χ0n) is 23.4. The summed E-state index contributed by atoms with van der Waals surface area (Å²) < 4.78 is 6.82. The van der Waals surface area contributed by atoms with Gasteiger partial charge in [-0.1, -0.05) is 19.1 Å². The highest BCUT2D eigenvalue weighted by Gasteiger charge is 2.24. The number of rotatable bonds is 6. The number of aromatic nitrogens is 2. The number of carbonyl (C=O) groups excluding carboxylic acids is 2. The molecule has 2 fully saturated rings. The molecule has 0 unspecified atom stereocenters. The molecule has 0 bridgehead atoms. The number of piperazine rings is 1. The number of piperidine rings is 1. The lowest BCUT2D eigenvalue weighted by Crippen LogP contribution is -2.53. The SMILES string of the molecule is CC[C@@H]1CN(C(=O)Nc2ccn(-c3ccc(CN4CCC(NC(=O)OC(C)(C)C)CC4)cc3)c(=O)n2)CCN1. The van der Waals surface area contributed by atoms with Crippen molar-refractivity contribution in [2.75, 3.05) is 38.0 Å². The van der Waals surface area contributed by atoms with Crippen LogP contribution in [0.15, 0.2) is 41.3 Å². The van der Waals surface area contributed by atoms with Crippen molar-refractivity contribution in [3.05, 3.63) is 52.6 Å². The van der Waals surface area contributed by atoms with Crippen LogP contribution in [0.4, 0.5) is 15.4 Å². The third-order valence-corrected chi connectivity index (χ3v) is 7.00. The Labute approximate surface area is 229 Å². The largest absolute Gasteiger partial charge is 0.444 e. The van der Waals surface area contributed by atoms with Gasteiger partial charge >= 0.3 is 17.8 Å². The van der Waals surface area contributed by atoms with Gasteiger partial charge in [0.15, 0.2) is 0 Å². The minimum atomic E-state index is -0.500. The lowest BCUT2D eigenvalue weighted by Gasteiger charge is -2.33. The van der Waals surface area contributed by atoms with Crippen molar-refractivity contribution < 1.29 is 14.3 Å². The Morgan fingerprint density at radius 2 is 1.82 bits per heavy atom. The second-order valence-corrected chi connectivity index (χ2v) is 11.3. The van der Waals surface area contributed by atoms with Crippen LogP contribution in [0.2, 0.25) is 0 Å². The first-order valence-electron chi connectivity index (χ1n) is 13.8. The Morgan fingerprint density at radius 1 is 1.10 bits per heavy atom. The lowest BCUT2D eigenvalue weighted by molar-refractivity contribution is 0.0477. The molecule has 2 saturated heterocycles. The molecule has 3 N–H and O–H groups in total. The molecule has 3 amide bonds. The first-order chi connectivity index (χ1) is 18.6. The van der Waals surface area contributed by atoms with Crippen LogP contribution in [0.25, 0.3) is 5.69 Å². The summed E-state index contributed by atoms with van der Waals surface area (Å²) in [6, 6.07) is 9.62. The summed E-state index contributed by atoms with van der Waals surface area (Å²) in [5.41, 5.74) is 0.900. The third kappa shape index (κ3) is 8.27. The van der Waals surface area contributed by atoms with Crippen LogP contribution in [0.5, 0.6) is 0 Å². The molecule has 11 nitrogen and oxygen atoms in total. The molecule has 4 rings (SSSR count). The van der Waals surface area contributed by atoms with Crippen LogP contribution < -0.4 is 21.6 Å². The van der Waals surface area contributed by atoms with Crippen LogP contribution in [-0.4, -0.2) is 81.9 Å². The van der Waals surface area contributed by atoms with Gasteiger partial charge in [0.1, 0.15) is 11.4 Å². The van der Waals surface area contributed by atoms with E-state index in [9.17, 15) is 14.4 Å². The van der Waals surface area contributed by atoms with E-state index in [-0.39, 0.29) is 30.0 Å². The van der Waals surface area contributed by atoms with Crippen LogP contribution in [0, 0.1) is 0 Å². The molecule has 3 heterocycles. The van der Waals surface area contributed by atoms with Crippen LogP contribution >= 0.6 is 0 Å². The van der Waals surface area contributed by atoms with E-state index in [1.54, 1.807) is 17.2 Å². The molecule has 2 aliphatic rings. The summed E-state index contributed by atoms with van der Waals surface area (Å²) in [6.45, 7) is 12.2. The molecule has 1 aromatic heterocycles. The molecule has 11 heteroatoms. The maximum atomic E-state index is 12.7. The van der Waals surface area contributed by atoms with Crippen molar-refractivity contribution in [1.29, 1.82) is 0 Å². The molecule has 0 saturated carbocycles. The number of anilines is 1. The van der Waals surface area contributed by atoms with E-state index in [1.165, 1.54) is 4.57 Å². The number of likely N-dealkylation sites (tertiary alicyclic amines) is 1. The number of urea groups is 1. The minimum absolute atomic E-state index is 0.121. The van der Waals surface area contributed by atoms with Crippen molar-refractivity contribution in [2.45, 2.75) is 71.2 Å². The van der Waals surface area contributed by atoms with Crippen molar-refractivity contribution in [3.63, 3.8) is 0 Å². The maximum absolute atomic E-state index is 12.7. The van der Waals surface area contributed by atoms with Gasteiger partial charge in [0.25, 0.3) is 0 Å². The number of alkyl carbamates (subject to hydrolysis) is 1. The molecule has 1 aromatic carbocycles. The molecule has 0 aliphatic carbocycles. The van der Waals surface area contributed by atoms with Crippen LogP contribution in [-0.2, 0) is 11.3 Å². The fourth-order valence-corrected chi connectivity index (χ4v) is 4.87. The molecular weight excluding hydrogens is 498 g/mol. The number of nitrogens with zero attached hydrogens (tertiary/aromatic N) is 4. The second kappa shape index (κ2) is 12.6. The second-order valence-electron chi connectivity index (χ2n) is 11.3. The fraction of sp³-hybridized carbons (Fsp3) is 0.571. The summed E-state index contributed by atoms with van der Waals surface area (Å²) in [4.78, 5) is 45.5. The van der Waals surface area contributed by atoms with Gasteiger partial charge in [-0.3, -0.25) is 14.8 Å². The zero-order chi connectivity index (χ0) is 28.0. The van der Waals surface area contributed by atoms with Crippen LogP contribution in [0.3, 0.4) is 0 Å². The van der Waals surface area contributed by atoms with Crippen molar-refractivity contribution in [1.82, 2.24) is 30.0 Å². The van der Waals surface area contributed by atoms with E-state index in [1.807, 2.05) is 45.0 Å². The van der Waals surface area contributed by atoms with Crippen molar-refractivity contribution in [3.8, 4) is 5.69 Å². The Hall–Kier alpha value is -3.44. The number of nitrogens with one attached hydrogen (secondary N) is 3. The predicted molar refractivity (Wildman–Crippen MR) is 150 cm³/mol. The van der Waals surface area contributed by atoms with Gasteiger partial charge in [0, 0.05) is 57.5 Å². The van der Waals surface area contributed by atoms with Gasteiger partial charge in [-0.25, -0.2) is 14.4 Å². The van der Waals surface area contributed by atoms with Gasteiger partial charge in [0.05, 0.1) is 5.69 Å². The average Bonchev–Trinajstić information content (AvgIpc) is 2.89. The van der Waals surface area contributed by atoms with Crippen molar-refractivity contribution in [2.24, 2.45) is 0 Å². The van der Waals surface area contributed by atoms with E-state index < -0.39 is 11.3 Å². The third-order valence-electron chi connectivity index (χ3n) is 7.00. The van der Waals surface area contributed by atoms with Crippen LogP contribution in [0.1, 0.15) is 52.5 Å². The molecule has 0 radical (unpaired) electrons. The first-order valence-corrected chi connectivity index (χ1v) is 13.8. The summed E-state index contributed by atoms with van der Waals surface area (Å²) >= 11 is 0. The van der Waals surface area contributed by atoms with E-state index >= 15 is 0 Å².